The molecule has 1 aromatic carbocycles. The van der Waals surface area contributed by atoms with Crippen LogP contribution in [0.5, 0.6) is 5.75 Å². The molecule has 0 atom stereocenters. The van der Waals surface area contributed by atoms with E-state index < -0.39 is 0 Å². The molecule has 0 saturated carbocycles. The molecule has 0 aromatic heterocycles. The van der Waals surface area contributed by atoms with Crippen molar-refractivity contribution in [1.82, 2.24) is 0 Å². The lowest BCUT2D eigenvalue weighted by atomic mass is 10.2. The average molecular weight is 203 g/mol. The third kappa shape index (κ3) is 1.17. The van der Waals surface area contributed by atoms with E-state index in [-0.39, 0.29) is 0 Å². The van der Waals surface area contributed by atoms with Gasteiger partial charge < -0.3 is 15.0 Å². The zero-order valence-corrected chi connectivity index (χ0v) is 8.66. The second-order valence-electron chi connectivity index (χ2n) is 3.66. The minimum atomic E-state index is 0.820. The molecule has 0 bridgehead atoms. The monoisotopic (exact) mass is 203 g/mol. The van der Waals surface area contributed by atoms with Gasteiger partial charge in [0.15, 0.2) is 0 Å². The number of nitrogens with zero attached hydrogens (tertiary/aromatic N) is 2. The summed E-state index contributed by atoms with van der Waals surface area (Å²) >= 11 is 0. The van der Waals surface area contributed by atoms with E-state index in [2.05, 4.69) is 21.3 Å². The molecular weight excluding hydrogens is 190 g/mol. The molecule has 2 aliphatic heterocycles. The first kappa shape index (κ1) is 8.59. The van der Waals surface area contributed by atoms with E-state index >= 15 is 0 Å². The minimum absolute atomic E-state index is 0.820. The lowest BCUT2D eigenvalue weighted by Crippen LogP contribution is -2.37. The summed E-state index contributed by atoms with van der Waals surface area (Å²) in [6.45, 7) is 2.67. The Hall–Kier alpha value is -1.71. The number of benzene rings is 1. The summed E-state index contributed by atoms with van der Waals surface area (Å²) in [6, 6.07) is 6.07. The number of rotatable bonds is 1. The maximum Gasteiger partial charge on any atom is 0.144 e. The average Bonchev–Trinajstić information content (AvgIpc) is 2.76. The number of anilines is 2. The third-order valence-corrected chi connectivity index (χ3v) is 2.86. The standard InChI is InChI=1S/C11H13N3O/c1-15-9-4-2-3-8-11(9)14-6-5-12-10(14)7-13-8/h2-4,13H,5-7H2,1H3. The number of nitrogens with one attached hydrogen (secondary N) is 1. The summed E-state index contributed by atoms with van der Waals surface area (Å²) in [6.07, 6.45) is 0. The van der Waals surface area contributed by atoms with Gasteiger partial charge in [-0.2, -0.15) is 0 Å². The predicted octanol–water partition coefficient (Wildman–Crippen LogP) is 1.34. The zero-order valence-electron chi connectivity index (χ0n) is 8.66. The normalized spacial score (nSPS) is 17.7. The fraction of sp³-hybridized carbons (Fsp3) is 0.364. The number of methoxy groups -OCH3 is 1. The zero-order chi connectivity index (χ0) is 10.3. The molecule has 15 heavy (non-hydrogen) atoms. The van der Waals surface area contributed by atoms with Crippen LogP contribution in [-0.2, 0) is 0 Å². The van der Waals surface area contributed by atoms with Crippen molar-refractivity contribution in [3.05, 3.63) is 18.2 Å². The van der Waals surface area contributed by atoms with Crippen molar-refractivity contribution in [2.45, 2.75) is 0 Å². The molecule has 3 rings (SSSR count). The van der Waals surface area contributed by atoms with E-state index in [1.165, 1.54) is 0 Å². The van der Waals surface area contributed by atoms with Gasteiger partial charge in [-0.1, -0.05) is 6.07 Å². The second-order valence-corrected chi connectivity index (χ2v) is 3.66. The van der Waals surface area contributed by atoms with Gasteiger partial charge in [-0.25, -0.2) is 0 Å². The molecule has 0 aliphatic carbocycles. The molecule has 1 N–H and O–H groups in total. The highest BCUT2D eigenvalue weighted by Gasteiger charge is 2.27. The van der Waals surface area contributed by atoms with Crippen LogP contribution in [0, 0.1) is 0 Å². The van der Waals surface area contributed by atoms with Gasteiger partial charge in [-0.05, 0) is 12.1 Å². The largest absolute Gasteiger partial charge is 0.494 e. The first-order valence-electron chi connectivity index (χ1n) is 5.12. The molecule has 4 heteroatoms. The van der Waals surface area contributed by atoms with E-state index in [0.717, 1.165) is 42.6 Å². The highest BCUT2D eigenvalue weighted by Crippen LogP contribution is 2.39. The van der Waals surface area contributed by atoms with Crippen molar-refractivity contribution in [3.8, 4) is 5.75 Å². The predicted molar refractivity (Wildman–Crippen MR) is 61.1 cm³/mol. The van der Waals surface area contributed by atoms with Crippen LogP contribution < -0.4 is 15.0 Å². The molecule has 2 aliphatic rings. The summed E-state index contributed by atoms with van der Waals surface area (Å²) in [5.41, 5.74) is 2.26. The van der Waals surface area contributed by atoms with Crippen LogP contribution in [0.3, 0.4) is 0 Å². The molecule has 0 radical (unpaired) electrons. The summed E-state index contributed by atoms with van der Waals surface area (Å²) in [5.74, 6) is 2.03. The number of para-hydroxylation sites is 1. The van der Waals surface area contributed by atoms with Gasteiger partial charge in [0.05, 0.1) is 25.9 Å². The molecule has 2 heterocycles. The number of hydrogen-bond donors (Lipinski definition) is 1. The summed E-state index contributed by atoms with van der Waals surface area (Å²) < 4.78 is 5.38. The Morgan fingerprint density at radius 3 is 3.27 bits per heavy atom. The molecule has 0 fully saturated rings. The van der Waals surface area contributed by atoms with Crippen molar-refractivity contribution in [3.63, 3.8) is 0 Å². The lowest BCUT2D eigenvalue weighted by molar-refractivity contribution is 0.415. The first-order chi connectivity index (χ1) is 7.40. The topological polar surface area (TPSA) is 36.9 Å². The molecule has 1 aromatic rings. The molecule has 4 nitrogen and oxygen atoms in total. The maximum absolute atomic E-state index is 5.38. The lowest BCUT2D eigenvalue weighted by Gasteiger charge is -2.30. The van der Waals surface area contributed by atoms with E-state index in [9.17, 15) is 0 Å². The number of ether oxygens (including phenoxy) is 1. The first-order valence-corrected chi connectivity index (χ1v) is 5.12. The molecule has 0 unspecified atom stereocenters. The van der Waals surface area contributed by atoms with Crippen LogP contribution in [0.4, 0.5) is 11.4 Å². The van der Waals surface area contributed by atoms with E-state index in [1.54, 1.807) is 7.11 Å². The van der Waals surface area contributed by atoms with Crippen LogP contribution in [0.15, 0.2) is 23.2 Å². The Labute approximate surface area is 88.6 Å². The van der Waals surface area contributed by atoms with Crippen LogP contribution in [0.1, 0.15) is 0 Å². The van der Waals surface area contributed by atoms with Crippen LogP contribution in [0.25, 0.3) is 0 Å². The molecule has 0 spiro atoms. The number of amidine groups is 1. The molecule has 0 saturated heterocycles. The van der Waals surface area contributed by atoms with Gasteiger partial charge in [0.1, 0.15) is 17.3 Å². The number of aliphatic imine (C=N–C) groups is 1. The van der Waals surface area contributed by atoms with Crippen molar-refractivity contribution < 1.29 is 4.74 Å². The number of fused-ring (bicyclic) bond motifs is 3. The number of hydrogen-bond acceptors (Lipinski definition) is 4. The van der Waals surface area contributed by atoms with E-state index in [4.69, 9.17) is 4.74 Å². The van der Waals surface area contributed by atoms with Crippen molar-refractivity contribution >= 4 is 17.2 Å². The van der Waals surface area contributed by atoms with Gasteiger partial charge >= 0.3 is 0 Å². The van der Waals surface area contributed by atoms with Gasteiger partial charge in [0, 0.05) is 6.54 Å². The van der Waals surface area contributed by atoms with Crippen molar-refractivity contribution in [2.75, 3.05) is 37.0 Å². The summed E-state index contributed by atoms with van der Waals surface area (Å²) in [7, 11) is 1.71. The van der Waals surface area contributed by atoms with Crippen molar-refractivity contribution in [1.29, 1.82) is 0 Å². The van der Waals surface area contributed by atoms with Crippen LogP contribution in [0.2, 0.25) is 0 Å². The van der Waals surface area contributed by atoms with Gasteiger partial charge in [-0.15, -0.1) is 0 Å². The Balaban J connectivity index is 2.15. The van der Waals surface area contributed by atoms with Gasteiger partial charge in [0.25, 0.3) is 0 Å². The van der Waals surface area contributed by atoms with Crippen LogP contribution in [-0.4, -0.2) is 32.6 Å². The third-order valence-electron chi connectivity index (χ3n) is 2.86. The Morgan fingerprint density at radius 1 is 1.47 bits per heavy atom. The second kappa shape index (κ2) is 3.15. The molecule has 78 valence electrons. The van der Waals surface area contributed by atoms with Gasteiger partial charge in [-0.3, -0.25) is 4.99 Å². The van der Waals surface area contributed by atoms with E-state index in [0.29, 0.717) is 0 Å². The molecule has 0 amide bonds. The van der Waals surface area contributed by atoms with Crippen LogP contribution >= 0.6 is 0 Å². The SMILES string of the molecule is COc1cccc2c1N1CCN=C1CN2. The summed E-state index contributed by atoms with van der Waals surface area (Å²) in [5, 5.41) is 3.36. The summed E-state index contributed by atoms with van der Waals surface area (Å²) in [4.78, 5) is 6.70. The fourth-order valence-electron chi connectivity index (χ4n) is 2.17. The van der Waals surface area contributed by atoms with Crippen molar-refractivity contribution in [2.24, 2.45) is 4.99 Å². The smallest absolute Gasteiger partial charge is 0.144 e. The Bertz CT molecular complexity index is 414. The Kier molecular flexibility index (Phi) is 1.80. The highest BCUT2D eigenvalue weighted by molar-refractivity contribution is 6.08. The van der Waals surface area contributed by atoms with Gasteiger partial charge in [0.2, 0.25) is 0 Å². The Morgan fingerprint density at radius 2 is 2.40 bits per heavy atom. The highest BCUT2D eigenvalue weighted by atomic mass is 16.5. The fourth-order valence-corrected chi connectivity index (χ4v) is 2.17. The molecular formula is C11H13N3O. The minimum Gasteiger partial charge on any atom is -0.494 e. The maximum atomic E-state index is 5.38. The quantitative estimate of drug-likeness (QED) is 0.748. The van der Waals surface area contributed by atoms with E-state index in [1.807, 2.05) is 12.1 Å².